The van der Waals surface area contributed by atoms with E-state index < -0.39 is 0 Å². The third-order valence-electron chi connectivity index (χ3n) is 4.73. The molecule has 26 heavy (non-hydrogen) atoms. The van der Waals surface area contributed by atoms with Gasteiger partial charge in [0.15, 0.2) is 0 Å². The van der Waals surface area contributed by atoms with E-state index in [0.717, 1.165) is 52.9 Å². The molecule has 2 N–H and O–H groups in total. The molecule has 0 fully saturated rings. The van der Waals surface area contributed by atoms with E-state index in [1.165, 1.54) is 5.56 Å². The molecular weight excluding hydrogens is 324 g/mol. The quantitative estimate of drug-likeness (QED) is 0.594. The van der Waals surface area contributed by atoms with Crippen LogP contribution in [0.1, 0.15) is 36.5 Å². The highest BCUT2D eigenvalue weighted by molar-refractivity contribution is 5.83. The maximum Gasteiger partial charge on any atom is 0.253 e. The number of aryl methyl sites for hydroxylation is 2. The fourth-order valence-corrected chi connectivity index (χ4v) is 2.90. The number of ether oxygens (including phenoxy) is 1. The van der Waals surface area contributed by atoms with Gasteiger partial charge in [0.05, 0.1) is 12.1 Å². The number of anilines is 1. The van der Waals surface area contributed by atoms with Crippen LogP contribution in [-0.2, 0) is 6.54 Å². The number of H-pyrrole nitrogens is 1. The zero-order valence-electron chi connectivity index (χ0n) is 15.7. The lowest BCUT2D eigenvalue weighted by molar-refractivity contribution is 0.309. The number of nitrogens with one attached hydrogen (secondary N) is 2. The van der Waals surface area contributed by atoms with Crippen molar-refractivity contribution in [1.82, 2.24) is 4.98 Å². The summed E-state index contributed by atoms with van der Waals surface area (Å²) in [5.74, 6) is 0.874. The molecule has 1 heterocycles. The minimum Gasteiger partial charge on any atom is -0.494 e. The highest BCUT2D eigenvalue weighted by atomic mass is 16.5. The Labute approximate surface area is 154 Å². The summed E-state index contributed by atoms with van der Waals surface area (Å²) in [7, 11) is 0. The average Bonchev–Trinajstić information content (AvgIpc) is 2.65. The number of aromatic amines is 1. The van der Waals surface area contributed by atoms with Crippen LogP contribution in [0.4, 0.5) is 5.69 Å². The van der Waals surface area contributed by atoms with E-state index in [0.29, 0.717) is 6.54 Å². The Bertz CT molecular complexity index is 943. The van der Waals surface area contributed by atoms with Crippen molar-refractivity contribution in [3.63, 3.8) is 0 Å². The molecule has 0 radical (unpaired) electrons. The van der Waals surface area contributed by atoms with Gasteiger partial charge in [-0.25, -0.2) is 0 Å². The van der Waals surface area contributed by atoms with Crippen molar-refractivity contribution in [2.24, 2.45) is 0 Å². The fourth-order valence-electron chi connectivity index (χ4n) is 2.90. The highest BCUT2D eigenvalue weighted by Crippen LogP contribution is 2.20. The first kappa shape index (κ1) is 18.1. The molecule has 0 aliphatic heterocycles. The van der Waals surface area contributed by atoms with Crippen LogP contribution in [0.3, 0.4) is 0 Å². The molecule has 2 aromatic carbocycles. The van der Waals surface area contributed by atoms with Crippen molar-refractivity contribution in [2.75, 3.05) is 11.9 Å². The Balaban J connectivity index is 1.70. The van der Waals surface area contributed by atoms with Gasteiger partial charge in [-0.2, -0.15) is 0 Å². The van der Waals surface area contributed by atoms with Gasteiger partial charge in [0.2, 0.25) is 0 Å². The molecule has 3 aromatic rings. The molecule has 0 atom stereocenters. The van der Waals surface area contributed by atoms with E-state index in [9.17, 15) is 4.79 Å². The van der Waals surface area contributed by atoms with Crippen LogP contribution in [0.25, 0.3) is 10.9 Å². The molecule has 0 saturated heterocycles. The molecule has 0 amide bonds. The van der Waals surface area contributed by atoms with Gasteiger partial charge in [0.25, 0.3) is 5.56 Å². The van der Waals surface area contributed by atoms with E-state index in [1.807, 2.05) is 37.3 Å². The third kappa shape index (κ3) is 4.07. The summed E-state index contributed by atoms with van der Waals surface area (Å²) in [5, 5.41) is 4.37. The van der Waals surface area contributed by atoms with Crippen LogP contribution in [0.2, 0.25) is 0 Å². The smallest absolute Gasteiger partial charge is 0.253 e. The standard InChI is InChI=1S/C22H26N2O2/c1-4-5-12-26-20-10-8-19(9-11-20)23-14-18-13-17-7-6-15(2)16(3)21(17)24-22(18)25/h6-11,13,23H,4-5,12,14H2,1-3H3,(H,24,25). The normalized spacial score (nSPS) is 10.9. The Kier molecular flexibility index (Phi) is 5.61. The van der Waals surface area contributed by atoms with Crippen LogP contribution < -0.4 is 15.6 Å². The summed E-state index contributed by atoms with van der Waals surface area (Å²) >= 11 is 0. The van der Waals surface area contributed by atoms with Gasteiger partial charge in [0, 0.05) is 17.8 Å². The molecule has 1 aromatic heterocycles. The van der Waals surface area contributed by atoms with Gasteiger partial charge in [-0.1, -0.05) is 25.5 Å². The van der Waals surface area contributed by atoms with Crippen LogP contribution in [0.15, 0.2) is 47.3 Å². The van der Waals surface area contributed by atoms with Gasteiger partial charge in [-0.15, -0.1) is 0 Å². The predicted molar refractivity (Wildman–Crippen MR) is 108 cm³/mol. The first-order valence-corrected chi connectivity index (χ1v) is 9.17. The molecule has 4 nitrogen and oxygen atoms in total. The molecule has 0 aliphatic carbocycles. The van der Waals surface area contributed by atoms with Crippen LogP contribution in [-0.4, -0.2) is 11.6 Å². The Hall–Kier alpha value is -2.75. The van der Waals surface area contributed by atoms with Gasteiger partial charge < -0.3 is 15.0 Å². The number of unbranched alkanes of at least 4 members (excludes halogenated alkanes) is 1. The summed E-state index contributed by atoms with van der Waals surface area (Å²) in [6.07, 6.45) is 2.18. The van der Waals surface area contributed by atoms with Gasteiger partial charge in [-0.3, -0.25) is 4.79 Å². The molecule has 0 unspecified atom stereocenters. The molecule has 136 valence electrons. The molecular formula is C22H26N2O2. The van der Waals surface area contributed by atoms with E-state index in [-0.39, 0.29) is 5.56 Å². The predicted octanol–water partition coefficient (Wildman–Crippen LogP) is 4.94. The SMILES string of the molecule is CCCCOc1ccc(NCc2cc3ccc(C)c(C)c3[nH]c2=O)cc1. The number of benzene rings is 2. The highest BCUT2D eigenvalue weighted by Gasteiger charge is 2.06. The maximum absolute atomic E-state index is 12.4. The van der Waals surface area contributed by atoms with Crippen molar-refractivity contribution in [1.29, 1.82) is 0 Å². The van der Waals surface area contributed by atoms with Crippen molar-refractivity contribution in [3.8, 4) is 5.75 Å². The third-order valence-corrected chi connectivity index (χ3v) is 4.73. The summed E-state index contributed by atoms with van der Waals surface area (Å²) < 4.78 is 5.67. The Morgan fingerprint density at radius 3 is 2.58 bits per heavy atom. The number of aromatic nitrogens is 1. The van der Waals surface area contributed by atoms with E-state index >= 15 is 0 Å². The van der Waals surface area contributed by atoms with E-state index in [1.54, 1.807) is 0 Å². The zero-order valence-corrected chi connectivity index (χ0v) is 15.7. The van der Waals surface area contributed by atoms with Gasteiger partial charge in [0.1, 0.15) is 5.75 Å². The average molecular weight is 350 g/mol. The summed E-state index contributed by atoms with van der Waals surface area (Å²) in [6.45, 7) is 7.46. The lowest BCUT2D eigenvalue weighted by Gasteiger charge is -2.10. The molecule has 4 heteroatoms. The fraction of sp³-hybridized carbons (Fsp3) is 0.318. The summed E-state index contributed by atoms with van der Waals surface area (Å²) in [4.78, 5) is 15.4. The van der Waals surface area contributed by atoms with Gasteiger partial charge >= 0.3 is 0 Å². The second-order valence-electron chi connectivity index (χ2n) is 6.68. The second kappa shape index (κ2) is 8.09. The maximum atomic E-state index is 12.4. The van der Waals surface area contributed by atoms with Crippen LogP contribution in [0.5, 0.6) is 5.75 Å². The molecule has 0 spiro atoms. The zero-order chi connectivity index (χ0) is 18.5. The number of rotatable bonds is 7. The van der Waals surface area contributed by atoms with Crippen LogP contribution in [0, 0.1) is 13.8 Å². The van der Waals surface area contributed by atoms with E-state index in [2.05, 4.69) is 36.3 Å². The Morgan fingerprint density at radius 1 is 1.08 bits per heavy atom. The lowest BCUT2D eigenvalue weighted by Crippen LogP contribution is -2.16. The number of pyridine rings is 1. The van der Waals surface area contributed by atoms with Gasteiger partial charge in [-0.05, 0) is 67.1 Å². The van der Waals surface area contributed by atoms with Crippen molar-refractivity contribution < 1.29 is 4.74 Å². The largest absolute Gasteiger partial charge is 0.494 e. The molecule has 0 aliphatic rings. The second-order valence-corrected chi connectivity index (χ2v) is 6.68. The first-order chi connectivity index (χ1) is 12.6. The lowest BCUT2D eigenvalue weighted by atomic mass is 10.0. The summed E-state index contributed by atoms with van der Waals surface area (Å²) in [5.41, 5.74) is 4.88. The first-order valence-electron chi connectivity index (χ1n) is 9.17. The minimum absolute atomic E-state index is 0.0433. The number of hydrogen-bond acceptors (Lipinski definition) is 3. The molecule has 0 bridgehead atoms. The molecule has 3 rings (SSSR count). The van der Waals surface area contributed by atoms with E-state index in [4.69, 9.17) is 4.74 Å². The monoisotopic (exact) mass is 350 g/mol. The van der Waals surface area contributed by atoms with Crippen molar-refractivity contribution in [2.45, 2.75) is 40.2 Å². The number of hydrogen-bond donors (Lipinski definition) is 2. The minimum atomic E-state index is -0.0433. The Morgan fingerprint density at radius 2 is 1.85 bits per heavy atom. The topological polar surface area (TPSA) is 54.1 Å². The van der Waals surface area contributed by atoms with Crippen molar-refractivity contribution >= 4 is 16.6 Å². The molecule has 0 saturated carbocycles. The number of fused-ring (bicyclic) bond motifs is 1. The summed E-state index contributed by atoms with van der Waals surface area (Å²) in [6, 6.07) is 14.0. The van der Waals surface area contributed by atoms with Crippen LogP contribution >= 0.6 is 0 Å². The van der Waals surface area contributed by atoms with Crippen molar-refractivity contribution in [3.05, 3.63) is 69.5 Å².